The average molecular weight is 275 g/mol. The highest BCUT2D eigenvalue weighted by atomic mass is 16.2. The number of nitrogens with two attached hydrogens (primary N) is 1. The second-order valence-electron chi connectivity index (χ2n) is 5.90. The van der Waals surface area contributed by atoms with Crippen LogP contribution in [0.5, 0.6) is 0 Å². The number of likely N-dealkylation sites (tertiary alicyclic amines) is 1. The third-order valence-corrected chi connectivity index (χ3v) is 3.89. The number of anilines is 1. The molecule has 1 amide bonds. The highest BCUT2D eigenvalue weighted by Gasteiger charge is 2.19. The number of nitrogens with one attached hydrogen (secondary N) is 1. The van der Waals surface area contributed by atoms with Gasteiger partial charge in [0.25, 0.3) is 0 Å². The van der Waals surface area contributed by atoms with E-state index in [9.17, 15) is 4.79 Å². The summed E-state index contributed by atoms with van der Waals surface area (Å²) in [6, 6.07) is 7.54. The lowest BCUT2D eigenvalue weighted by atomic mass is 10.0. The van der Waals surface area contributed by atoms with E-state index < -0.39 is 6.04 Å². The monoisotopic (exact) mass is 275 g/mol. The van der Waals surface area contributed by atoms with E-state index in [1.165, 1.54) is 18.4 Å². The molecular weight excluding hydrogens is 250 g/mol. The van der Waals surface area contributed by atoms with E-state index in [1.807, 2.05) is 32.0 Å². The van der Waals surface area contributed by atoms with Crippen molar-refractivity contribution >= 4 is 11.6 Å². The summed E-state index contributed by atoms with van der Waals surface area (Å²) in [6.07, 6.45) is 2.54. The van der Waals surface area contributed by atoms with Crippen LogP contribution in [0.3, 0.4) is 0 Å². The first-order valence-electron chi connectivity index (χ1n) is 7.44. The number of hydrogen-bond acceptors (Lipinski definition) is 3. The number of rotatable bonds is 5. The molecule has 1 heterocycles. The van der Waals surface area contributed by atoms with Crippen LogP contribution in [0.15, 0.2) is 24.3 Å². The van der Waals surface area contributed by atoms with Crippen LogP contribution in [-0.4, -0.2) is 29.9 Å². The van der Waals surface area contributed by atoms with Crippen LogP contribution in [0.4, 0.5) is 5.69 Å². The molecule has 0 bridgehead atoms. The number of carbonyl (C=O) groups excluding carboxylic acids is 1. The first-order chi connectivity index (χ1) is 9.58. The molecule has 0 spiro atoms. The van der Waals surface area contributed by atoms with Gasteiger partial charge in [-0.2, -0.15) is 0 Å². The molecule has 1 aliphatic heterocycles. The maximum absolute atomic E-state index is 12.1. The zero-order chi connectivity index (χ0) is 14.5. The van der Waals surface area contributed by atoms with Crippen molar-refractivity contribution in [1.82, 2.24) is 4.90 Å². The maximum Gasteiger partial charge on any atom is 0.241 e. The van der Waals surface area contributed by atoms with Crippen molar-refractivity contribution < 1.29 is 4.79 Å². The van der Waals surface area contributed by atoms with Crippen LogP contribution in [-0.2, 0) is 11.3 Å². The molecule has 1 atom stereocenters. The van der Waals surface area contributed by atoms with Crippen molar-refractivity contribution in [2.75, 3.05) is 18.4 Å². The van der Waals surface area contributed by atoms with Crippen LogP contribution in [0, 0.1) is 5.92 Å². The van der Waals surface area contributed by atoms with E-state index in [1.54, 1.807) is 0 Å². The molecule has 1 fully saturated rings. The highest BCUT2D eigenvalue weighted by Crippen LogP contribution is 2.20. The Hall–Kier alpha value is -1.39. The van der Waals surface area contributed by atoms with Crippen LogP contribution in [0.1, 0.15) is 32.3 Å². The number of hydrogen-bond donors (Lipinski definition) is 2. The third-order valence-electron chi connectivity index (χ3n) is 3.89. The molecule has 3 N–H and O–H groups in total. The van der Waals surface area contributed by atoms with Gasteiger partial charge in [0.1, 0.15) is 0 Å². The molecule has 1 aliphatic rings. The molecule has 2 rings (SSSR count). The summed E-state index contributed by atoms with van der Waals surface area (Å²) in [4.78, 5) is 14.5. The number of nitrogens with zero attached hydrogens (tertiary/aromatic N) is 1. The molecule has 0 radical (unpaired) electrons. The highest BCUT2D eigenvalue weighted by molar-refractivity contribution is 5.95. The summed E-state index contributed by atoms with van der Waals surface area (Å²) >= 11 is 0. The second kappa shape index (κ2) is 6.86. The Bertz CT molecular complexity index is 453. The van der Waals surface area contributed by atoms with Crippen molar-refractivity contribution in [2.45, 2.75) is 39.3 Å². The molecule has 1 aromatic rings. The fraction of sp³-hybridized carbons (Fsp3) is 0.562. The topological polar surface area (TPSA) is 58.4 Å². The van der Waals surface area contributed by atoms with E-state index in [2.05, 4.69) is 16.3 Å². The molecule has 0 aromatic heterocycles. The van der Waals surface area contributed by atoms with Crippen LogP contribution in [0.25, 0.3) is 0 Å². The van der Waals surface area contributed by atoms with E-state index in [0.29, 0.717) is 0 Å². The Morgan fingerprint density at radius 1 is 1.30 bits per heavy atom. The molecule has 1 aromatic carbocycles. The van der Waals surface area contributed by atoms with Gasteiger partial charge in [0.15, 0.2) is 0 Å². The summed E-state index contributed by atoms with van der Waals surface area (Å²) in [5, 5.41) is 2.97. The number of amides is 1. The minimum Gasteiger partial charge on any atom is -0.324 e. The predicted molar refractivity (Wildman–Crippen MR) is 82.4 cm³/mol. The van der Waals surface area contributed by atoms with Crippen molar-refractivity contribution in [3.05, 3.63) is 29.8 Å². The van der Waals surface area contributed by atoms with Gasteiger partial charge >= 0.3 is 0 Å². The summed E-state index contributed by atoms with van der Waals surface area (Å²) < 4.78 is 0. The Kier molecular flexibility index (Phi) is 5.15. The van der Waals surface area contributed by atoms with Gasteiger partial charge < -0.3 is 11.1 Å². The number of benzene rings is 1. The van der Waals surface area contributed by atoms with Gasteiger partial charge in [-0.25, -0.2) is 0 Å². The van der Waals surface area contributed by atoms with E-state index in [0.717, 1.165) is 25.3 Å². The normalized spacial score (nSPS) is 17.4. The number of para-hydroxylation sites is 1. The average Bonchev–Trinajstić information content (AvgIpc) is 2.92. The van der Waals surface area contributed by atoms with E-state index >= 15 is 0 Å². The lowest BCUT2D eigenvalue weighted by Crippen LogP contribution is -2.40. The van der Waals surface area contributed by atoms with E-state index in [4.69, 9.17) is 5.73 Å². The molecule has 0 unspecified atom stereocenters. The molecular formula is C16H25N3O. The first kappa shape index (κ1) is 15.0. The predicted octanol–water partition coefficient (Wildman–Crippen LogP) is 2.20. The fourth-order valence-electron chi connectivity index (χ4n) is 2.48. The number of carbonyl (C=O) groups is 1. The van der Waals surface area contributed by atoms with Gasteiger partial charge in [-0.05, 0) is 43.5 Å². The van der Waals surface area contributed by atoms with Crippen LogP contribution >= 0.6 is 0 Å². The Morgan fingerprint density at radius 2 is 1.95 bits per heavy atom. The molecule has 4 nitrogen and oxygen atoms in total. The van der Waals surface area contributed by atoms with Gasteiger partial charge in [0.05, 0.1) is 6.04 Å². The molecule has 110 valence electrons. The summed E-state index contributed by atoms with van der Waals surface area (Å²) in [7, 11) is 0. The minimum absolute atomic E-state index is 0.103. The largest absolute Gasteiger partial charge is 0.324 e. The Labute approximate surface area is 121 Å². The molecule has 1 saturated heterocycles. The standard InChI is InChI=1S/C16H25N3O/c1-12(2)15(17)16(20)18-14-8-4-3-7-13(14)11-19-9-5-6-10-19/h3-4,7-8,12,15H,5-6,9-11,17H2,1-2H3,(H,18,20)/t15-/m1/s1. The molecule has 0 saturated carbocycles. The SMILES string of the molecule is CC(C)[C@@H](N)C(=O)Nc1ccccc1CN1CCCC1. The summed E-state index contributed by atoms with van der Waals surface area (Å²) in [5.74, 6) is 0.0367. The fourth-order valence-corrected chi connectivity index (χ4v) is 2.48. The van der Waals surface area contributed by atoms with Crippen LogP contribution < -0.4 is 11.1 Å². The van der Waals surface area contributed by atoms with Gasteiger partial charge in [0.2, 0.25) is 5.91 Å². The third kappa shape index (κ3) is 3.81. The van der Waals surface area contributed by atoms with Gasteiger partial charge in [-0.1, -0.05) is 32.0 Å². The maximum atomic E-state index is 12.1. The molecule has 0 aliphatic carbocycles. The molecule has 20 heavy (non-hydrogen) atoms. The van der Waals surface area contributed by atoms with Crippen molar-refractivity contribution in [3.8, 4) is 0 Å². The summed E-state index contributed by atoms with van der Waals surface area (Å²) in [5.41, 5.74) is 7.95. The lowest BCUT2D eigenvalue weighted by Gasteiger charge is -2.20. The van der Waals surface area contributed by atoms with Crippen molar-refractivity contribution in [2.24, 2.45) is 11.7 Å². The van der Waals surface area contributed by atoms with Gasteiger partial charge in [-0.3, -0.25) is 9.69 Å². The Morgan fingerprint density at radius 3 is 2.60 bits per heavy atom. The molecule has 4 heteroatoms. The van der Waals surface area contributed by atoms with Crippen molar-refractivity contribution in [3.63, 3.8) is 0 Å². The van der Waals surface area contributed by atoms with Crippen molar-refractivity contribution in [1.29, 1.82) is 0 Å². The zero-order valence-electron chi connectivity index (χ0n) is 12.4. The van der Waals surface area contributed by atoms with E-state index in [-0.39, 0.29) is 11.8 Å². The van der Waals surface area contributed by atoms with Gasteiger partial charge in [-0.15, -0.1) is 0 Å². The van der Waals surface area contributed by atoms with Crippen LogP contribution in [0.2, 0.25) is 0 Å². The Balaban J connectivity index is 2.05. The first-order valence-corrected chi connectivity index (χ1v) is 7.44. The smallest absolute Gasteiger partial charge is 0.241 e. The minimum atomic E-state index is -0.463. The zero-order valence-corrected chi connectivity index (χ0v) is 12.4. The van der Waals surface area contributed by atoms with Gasteiger partial charge in [0, 0.05) is 12.2 Å². The quantitative estimate of drug-likeness (QED) is 0.866. The second-order valence-corrected chi connectivity index (χ2v) is 5.90. The summed E-state index contributed by atoms with van der Waals surface area (Å²) in [6.45, 7) is 7.11. The lowest BCUT2D eigenvalue weighted by molar-refractivity contribution is -0.118.